The van der Waals surface area contributed by atoms with Gasteiger partial charge in [-0.2, -0.15) is 0 Å². The smallest absolute Gasteiger partial charge is 0.242 e. The minimum atomic E-state index is -2.24. The fraction of sp³-hybridized carbons (Fsp3) is 0.650. The molecule has 0 radical (unpaired) electrons. The fourth-order valence-corrected chi connectivity index (χ4v) is 4.81. The number of halogens is 3. The Morgan fingerprint density at radius 1 is 1.23 bits per heavy atom. The van der Waals surface area contributed by atoms with Gasteiger partial charge >= 0.3 is 0 Å². The number of alkyl halides is 2. The second-order valence-electron chi connectivity index (χ2n) is 7.84. The van der Waals surface area contributed by atoms with Crippen LogP contribution in [0.5, 0.6) is 0 Å². The van der Waals surface area contributed by atoms with Crippen molar-refractivity contribution >= 4 is 23.7 Å². The van der Waals surface area contributed by atoms with Gasteiger partial charge in [0.15, 0.2) is 0 Å². The van der Waals surface area contributed by atoms with E-state index >= 15 is 0 Å². The van der Waals surface area contributed by atoms with E-state index in [0.717, 1.165) is 30.0 Å². The molecule has 4 aliphatic rings. The molecule has 1 amide bonds. The van der Waals surface area contributed by atoms with Gasteiger partial charge in [-0.3, -0.25) is 4.79 Å². The lowest BCUT2D eigenvalue weighted by Crippen LogP contribution is -2.59. The van der Waals surface area contributed by atoms with E-state index in [1.54, 1.807) is 13.1 Å². The summed E-state index contributed by atoms with van der Waals surface area (Å²) in [6.45, 7) is 2.28. The molecule has 2 saturated carbocycles. The molecule has 2 aliphatic carbocycles. The van der Waals surface area contributed by atoms with Crippen molar-refractivity contribution < 1.29 is 13.6 Å². The van der Waals surface area contributed by atoms with Crippen molar-refractivity contribution in [1.29, 1.82) is 0 Å². The normalized spacial score (nSPS) is 32.1. The van der Waals surface area contributed by atoms with Gasteiger partial charge in [-0.05, 0) is 67.7 Å². The Labute approximate surface area is 159 Å². The van der Waals surface area contributed by atoms with E-state index in [1.807, 2.05) is 17.0 Å². The summed E-state index contributed by atoms with van der Waals surface area (Å²) >= 11 is 6.06. The zero-order valence-corrected chi connectivity index (χ0v) is 16.1. The number of fused-ring (bicyclic) bond motifs is 2. The maximum absolute atomic E-state index is 12.7. The number of carbonyl (C=O) groups is 1. The first-order valence-corrected chi connectivity index (χ1v) is 9.80. The largest absolute Gasteiger partial charge is 0.388 e. The zero-order chi connectivity index (χ0) is 18.8. The zero-order valence-electron chi connectivity index (χ0n) is 15.3. The van der Waals surface area contributed by atoms with Crippen LogP contribution >= 0.6 is 11.6 Å². The molecule has 4 atom stereocenters. The van der Waals surface area contributed by atoms with Crippen molar-refractivity contribution in [3.05, 3.63) is 28.8 Å². The first-order chi connectivity index (χ1) is 12.4. The van der Waals surface area contributed by atoms with E-state index in [1.165, 1.54) is 19.3 Å². The lowest BCUT2D eigenvalue weighted by Gasteiger charge is -2.53. The Kier molecular flexibility index (Phi) is 6.06. The molecule has 2 heterocycles. The van der Waals surface area contributed by atoms with Gasteiger partial charge < -0.3 is 10.2 Å². The maximum atomic E-state index is 12.7. The topological polar surface area (TPSA) is 32.3 Å². The highest BCUT2D eigenvalue weighted by atomic mass is 35.5. The van der Waals surface area contributed by atoms with Crippen molar-refractivity contribution in [1.82, 2.24) is 4.90 Å². The Hall–Kier alpha value is -1.36. The highest BCUT2D eigenvalue weighted by Crippen LogP contribution is 2.48. The Morgan fingerprint density at radius 2 is 1.92 bits per heavy atom. The third-order valence-electron chi connectivity index (χ3n) is 6.19. The number of piperidine rings is 1. The summed E-state index contributed by atoms with van der Waals surface area (Å²) in [5.74, 6) is 0.241. The third-order valence-corrected chi connectivity index (χ3v) is 6.54. The number of nitrogens with zero attached hydrogens (tertiary/aromatic N) is 1. The number of anilines is 1. The van der Waals surface area contributed by atoms with E-state index < -0.39 is 12.3 Å². The average molecular weight is 385 g/mol. The average Bonchev–Trinajstić information content (AvgIpc) is 2.56. The van der Waals surface area contributed by atoms with Crippen LogP contribution in [-0.2, 0) is 4.79 Å². The van der Waals surface area contributed by atoms with Crippen molar-refractivity contribution in [2.75, 3.05) is 12.4 Å². The summed E-state index contributed by atoms with van der Waals surface area (Å²) in [7, 11) is 1.80. The molecule has 4 unspecified atom stereocenters. The molecular formula is C20H27ClF2N2O. The molecule has 0 aromatic heterocycles. The maximum Gasteiger partial charge on any atom is 0.242 e. The van der Waals surface area contributed by atoms with Crippen LogP contribution in [0.2, 0.25) is 5.02 Å². The van der Waals surface area contributed by atoms with Gasteiger partial charge in [0.05, 0.1) is 0 Å². The summed E-state index contributed by atoms with van der Waals surface area (Å²) in [5.41, 5.74) is 1.77. The highest BCUT2D eigenvalue weighted by molar-refractivity contribution is 6.31. The third kappa shape index (κ3) is 3.83. The standard InChI is InChI=1S/C12H14ClF2N.C8H13NO/c1-16-7-2-5-11(13)10(6-7)8-3-4-9(8)12(14)15;1-6-2-7-4-8(3-6)9(7)5-10/h2,5-6,8-9,12,16H,3-4H2,1H3;5-8H,2-4H2,1H3. The molecular weight excluding hydrogens is 358 g/mol. The molecule has 2 aliphatic heterocycles. The Bertz CT molecular complexity index is 630. The van der Waals surface area contributed by atoms with Crippen LogP contribution in [0.15, 0.2) is 18.2 Å². The van der Waals surface area contributed by atoms with Crippen molar-refractivity contribution in [2.24, 2.45) is 11.8 Å². The van der Waals surface area contributed by atoms with Crippen LogP contribution < -0.4 is 5.32 Å². The van der Waals surface area contributed by atoms with E-state index in [4.69, 9.17) is 11.6 Å². The minimum absolute atomic E-state index is 0.0826. The van der Waals surface area contributed by atoms with Crippen LogP contribution in [0.3, 0.4) is 0 Å². The van der Waals surface area contributed by atoms with Crippen LogP contribution in [0.25, 0.3) is 0 Å². The lowest BCUT2D eigenvalue weighted by molar-refractivity contribution is -0.136. The number of carbonyl (C=O) groups excluding carboxylic acids is 1. The van der Waals surface area contributed by atoms with E-state index in [9.17, 15) is 13.6 Å². The van der Waals surface area contributed by atoms with Gasteiger partial charge in [0.25, 0.3) is 0 Å². The quantitative estimate of drug-likeness (QED) is 0.727. The van der Waals surface area contributed by atoms with Gasteiger partial charge in [-0.15, -0.1) is 0 Å². The number of amides is 1. The predicted octanol–water partition coefficient (Wildman–Crippen LogP) is 5.16. The Morgan fingerprint density at radius 3 is 2.42 bits per heavy atom. The number of hydrogen-bond donors (Lipinski definition) is 1. The van der Waals surface area contributed by atoms with Crippen LogP contribution in [-0.4, -0.2) is 36.9 Å². The lowest BCUT2D eigenvalue weighted by atomic mass is 9.70. The number of rotatable bonds is 4. The van der Waals surface area contributed by atoms with Crippen molar-refractivity contribution in [3.8, 4) is 0 Å². The number of nitrogens with one attached hydrogen (secondary N) is 1. The molecule has 1 N–H and O–H groups in total. The highest BCUT2D eigenvalue weighted by Gasteiger charge is 2.43. The number of benzene rings is 1. The fourth-order valence-electron chi connectivity index (χ4n) is 4.55. The second-order valence-corrected chi connectivity index (χ2v) is 8.25. The molecule has 144 valence electrons. The first kappa shape index (κ1) is 19.4. The van der Waals surface area contributed by atoms with Gasteiger partial charge in [0.2, 0.25) is 12.8 Å². The molecule has 3 nitrogen and oxygen atoms in total. The summed E-state index contributed by atoms with van der Waals surface area (Å²) in [4.78, 5) is 12.4. The first-order valence-electron chi connectivity index (χ1n) is 9.42. The minimum Gasteiger partial charge on any atom is -0.388 e. The molecule has 1 aromatic carbocycles. The summed E-state index contributed by atoms with van der Waals surface area (Å²) in [5, 5.41) is 3.59. The molecule has 1 aromatic rings. The second kappa shape index (κ2) is 8.12. The molecule has 4 fully saturated rings. The predicted molar refractivity (Wildman–Crippen MR) is 101 cm³/mol. The SMILES string of the molecule is CC1CC2CC(C1)N2C=O.CNc1ccc(Cl)c(C2CCC2C(F)F)c1. The molecule has 2 saturated heterocycles. The van der Waals surface area contributed by atoms with Crippen molar-refractivity contribution in [3.63, 3.8) is 0 Å². The molecule has 5 rings (SSSR count). The van der Waals surface area contributed by atoms with Gasteiger partial charge in [0.1, 0.15) is 0 Å². The van der Waals surface area contributed by atoms with Crippen LogP contribution in [0, 0.1) is 11.8 Å². The van der Waals surface area contributed by atoms with Crippen LogP contribution in [0.4, 0.5) is 14.5 Å². The molecule has 0 spiro atoms. The monoisotopic (exact) mass is 384 g/mol. The Balaban J connectivity index is 0.000000167. The van der Waals surface area contributed by atoms with E-state index in [2.05, 4.69) is 12.2 Å². The number of hydrogen-bond acceptors (Lipinski definition) is 2. The summed E-state index contributed by atoms with van der Waals surface area (Å²) in [6.07, 6.45) is 3.91. The summed E-state index contributed by atoms with van der Waals surface area (Å²) < 4.78 is 25.3. The summed E-state index contributed by atoms with van der Waals surface area (Å²) in [6, 6.07) is 6.70. The molecule has 26 heavy (non-hydrogen) atoms. The van der Waals surface area contributed by atoms with Gasteiger partial charge in [0, 0.05) is 35.8 Å². The van der Waals surface area contributed by atoms with Crippen molar-refractivity contribution in [2.45, 2.75) is 63.5 Å². The van der Waals surface area contributed by atoms with E-state index in [-0.39, 0.29) is 5.92 Å². The van der Waals surface area contributed by atoms with E-state index in [0.29, 0.717) is 23.5 Å². The molecule has 2 bridgehead atoms. The van der Waals surface area contributed by atoms with Crippen LogP contribution in [0.1, 0.15) is 50.5 Å². The van der Waals surface area contributed by atoms with Gasteiger partial charge in [-0.1, -0.05) is 18.5 Å². The van der Waals surface area contributed by atoms with Gasteiger partial charge in [-0.25, -0.2) is 8.78 Å². The molecule has 6 heteroatoms.